The highest BCUT2D eigenvalue weighted by Crippen LogP contribution is 2.28. The largest absolute Gasteiger partial charge is 0.388 e. The first-order chi connectivity index (χ1) is 10.1. The van der Waals surface area contributed by atoms with Gasteiger partial charge in [0, 0.05) is 11.4 Å². The Bertz CT molecular complexity index is 444. The third-order valence-electron chi connectivity index (χ3n) is 3.98. The zero-order valence-electron chi connectivity index (χ0n) is 13.5. The van der Waals surface area contributed by atoms with Gasteiger partial charge in [-0.1, -0.05) is 25.3 Å². The van der Waals surface area contributed by atoms with Gasteiger partial charge in [0.05, 0.1) is 18.2 Å². The second kappa shape index (κ2) is 9.72. The summed E-state index contributed by atoms with van der Waals surface area (Å²) in [6, 6.07) is 4.41. The van der Waals surface area contributed by atoms with E-state index in [0.29, 0.717) is 6.54 Å². The monoisotopic (exact) mass is 437 g/mol. The van der Waals surface area contributed by atoms with Crippen LogP contribution in [0.1, 0.15) is 56.9 Å². The van der Waals surface area contributed by atoms with E-state index >= 15 is 0 Å². The van der Waals surface area contributed by atoms with E-state index in [2.05, 4.69) is 47.0 Å². The van der Waals surface area contributed by atoms with Crippen LogP contribution in [-0.2, 0) is 0 Å². The Kier molecular flexibility index (Phi) is 8.71. The van der Waals surface area contributed by atoms with Crippen LogP contribution in [0, 0.1) is 0 Å². The Hall–Kier alpha value is -0.340. The van der Waals surface area contributed by atoms with Crippen molar-refractivity contribution in [2.45, 2.75) is 57.6 Å². The van der Waals surface area contributed by atoms with E-state index in [1.165, 1.54) is 11.3 Å². The van der Waals surface area contributed by atoms with Crippen LogP contribution < -0.4 is 10.6 Å². The summed E-state index contributed by atoms with van der Waals surface area (Å²) >= 11 is 1.74. The molecule has 1 heterocycles. The van der Waals surface area contributed by atoms with Gasteiger partial charge in [0.2, 0.25) is 0 Å². The highest BCUT2D eigenvalue weighted by molar-refractivity contribution is 14.0. The van der Waals surface area contributed by atoms with Crippen molar-refractivity contribution >= 4 is 41.3 Å². The van der Waals surface area contributed by atoms with Gasteiger partial charge in [0.1, 0.15) is 0 Å². The molecule has 6 heteroatoms. The quantitative estimate of drug-likeness (QED) is 0.374. The molecular formula is C16H28IN3OS. The lowest BCUT2D eigenvalue weighted by atomic mass is 9.85. The van der Waals surface area contributed by atoms with Crippen molar-refractivity contribution in [2.24, 2.45) is 4.99 Å². The van der Waals surface area contributed by atoms with Gasteiger partial charge < -0.3 is 15.7 Å². The van der Waals surface area contributed by atoms with Gasteiger partial charge in [-0.2, -0.15) is 0 Å². The molecule has 1 unspecified atom stereocenters. The number of hydrogen-bond donors (Lipinski definition) is 3. The Labute approximate surface area is 154 Å². The molecule has 1 fully saturated rings. The second-order valence-corrected chi connectivity index (χ2v) is 6.84. The summed E-state index contributed by atoms with van der Waals surface area (Å²) in [6.45, 7) is 5.50. The Morgan fingerprint density at radius 1 is 1.41 bits per heavy atom. The van der Waals surface area contributed by atoms with Gasteiger partial charge in [-0.25, -0.2) is 0 Å². The molecule has 1 saturated carbocycles. The van der Waals surface area contributed by atoms with E-state index in [4.69, 9.17) is 0 Å². The van der Waals surface area contributed by atoms with E-state index < -0.39 is 5.60 Å². The molecule has 0 saturated heterocycles. The molecule has 0 aromatic carbocycles. The maximum atomic E-state index is 10.5. The highest BCUT2D eigenvalue weighted by atomic mass is 127. The number of halogens is 1. The molecule has 4 nitrogen and oxygen atoms in total. The van der Waals surface area contributed by atoms with Crippen LogP contribution in [0.3, 0.4) is 0 Å². The lowest BCUT2D eigenvalue weighted by Crippen LogP contribution is -2.41. The van der Waals surface area contributed by atoms with E-state index in [9.17, 15) is 5.11 Å². The number of guanidine groups is 1. The van der Waals surface area contributed by atoms with Crippen LogP contribution >= 0.6 is 35.3 Å². The van der Waals surface area contributed by atoms with Crippen molar-refractivity contribution in [3.63, 3.8) is 0 Å². The van der Waals surface area contributed by atoms with E-state index in [1.54, 1.807) is 11.3 Å². The molecule has 0 radical (unpaired) electrons. The molecule has 1 aliphatic rings. The highest BCUT2D eigenvalue weighted by Gasteiger charge is 2.28. The first-order valence-corrected chi connectivity index (χ1v) is 8.81. The molecule has 0 aliphatic heterocycles. The molecule has 126 valence electrons. The topological polar surface area (TPSA) is 56.7 Å². The van der Waals surface area contributed by atoms with Crippen LogP contribution in [0.5, 0.6) is 0 Å². The number of thiophene rings is 1. The molecule has 1 aliphatic carbocycles. The van der Waals surface area contributed by atoms with E-state index in [-0.39, 0.29) is 30.0 Å². The summed E-state index contributed by atoms with van der Waals surface area (Å²) in [6.07, 6.45) is 5.20. The Morgan fingerprint density at radius 3 is 2.73 bits per heavy atom. The summed E-state index contributed by atoms with van der Waals surface area (Å²) in [5.41, 5.74) is -0.604. The molecular weight excluding hydrogens is 409 g/mol. The van der Waals surface area contributed by atoms with Crippen LogP contribution in [0.15, 0.2) is 22.5 Å². The standard InChI is InChI=1S/C16H27N3OS.HI/c1-3-17-15(19-13(2)14-8-7-11-21-14)18-12-16(20)9-5-4-6-10-16;/h7-8,11,13,20H,3-6,9-10,12H2,1-2H3,(H2,17,18,19);1H. The number of rotatable bonds is 5. The Morgan fingerprint density at radius 2 is 2.14 bits per heavy atom. The SMILES string of the molecule is CCNC(=NCC1(O)CCCCC1)NC(C)c1cccs1.I. The van der Waals surface area contributed by atoms with Crippen molar-refractivity contribution in [3.05, 3.63) is 22.4 Å². The fourth-order valence-corrected chi connectivity index (χ4v) is 3.46. The molecule has 1 aromatic heterocycles. The summed E-state index contributed by atoms with van der Waals surface area (Å²) in [5.74, 6) is 0.789. The van der Waals surface area contributed by atoms with Crippen molar-refractivity contribution in [2.75, 3.05) is 13.1 Å². The summed E-state index contributed by atoms with van der Waals surface area (Å²) < 4.78 is 0. The van der Waals surface area contributed by atoms with Crippen LogP contribution in [0.2, 0.25) is 0 Å². The number of aliphatic hydroxyl groups is 1. The minimum Gasteiger partial charge on any atom is -0.388 e. The fraction of sp³-hybridized carbons (Fsp3) is 0.688. The molecule has 0 bridgehead atoms. The minimum atomic E-state index is -0.604. The maximum absolute atomic E-state index is 10.5. The summed E-state index contributed by atoms with van der Waals surface area (Å²) in [4.78, 5) is 5.90. The lowest BCUT2D eigenvalue weighted by molar-refractivity contribution is 0.0131. The van der Waals surface area contributed by atoms with Crippen LogP contribution in [0.25, 0.3) is 0 Å². The average Bonchev–Trinajstić information content (AvgIpc) is 3.00. The Balaban J connectivity index is 0.00000242. The average molecular weight is 437 g/mol. The molecule has 0 spiro atoms. The zero-order valence-corrected chi connectivity index (χ0v) is 16.6. The van der Waals surface area contributed by atoms with Crippen molar-refractivity contribution in [3.8, 4) is 0 Å². The number of aliphatic imine (C=N–C) groups is 1. The van der Waals surface area contributed by atoms with Gasteiger partial charge in [-0.3, -0.25) is 4.99 Å². The first-order valence-electron chi connectivity index (χ1n) is 7.93. The summed E-state index contributed by atoms with van der Waals surface area (Å²) in [5, 5.41) is 19.3. The lowest BCUT2D eigenvalue weighted by Gasteiger charge is -2.30. The summed E-state index contributed by atoms with van der Waals surface area (Å²) in [7, 11) is 0. The third-order valence-corrected chi connectivity index (χ3v) is 5.04. The molecule has 3 N–H and O–H groups in total. The molecule has 1 atom stereocenters. The molecule has 22 heavy (non-hydrogen) atoms. The maximum Gasteiger partial charge on any atom is 0.191 e. The van der Waals surface area contributed by atoms with Gasteiger partial charge in [-0.05, 0) is 38.1 Å². The second-order valence-electron chi connectivity index (χ2n) is 5.86. The predicted molar refractivity (Wildman–Crippen MR) is 105 cm³/mol. The van der Waals surface area contributed by atoms with Crippen molar-refractivity contribution in [1.82, 2.24) is 10.6 Å². The third kappa shape index (κ3) is 6.04. The van der Waals surface area contributed by atoms with Gasteiger partial charge in [-0.15, -0.1) is 35.3 Å². The number of nitrogens with one attached hydrogen (secondary N) is 2. The van der Waals surface area contributed by atoms with E-state index in [0.717, 1.165) is 38.2 Å². The van der Waals surface area contributed by atoms with Gasteiger partial charge >= 0.3 is 0 Å². The molecule has 0 amide bonds. The van der Waals surface area contributed by atoms with Crippen molar-refractivity contribution in [1.29, 1.82) is 0 Å². The van der Waals surface area contributed by atoms with E-state index in [1.807, 2.05) is 0 Å². The van der Waals surface area contributed by atoms with Crippen molar-refractivity contribution < 1.29 is 5.11 Å². The first kappa shape index (κ1) is 19.7. The number of hydrogen-bond acceptors (Lipinski definition) is 3. The normalized spacial score (nSPS) is 19.1. The van der Waals surface area contributed by atoms with Crippen LogP contribution in [0.4, 0.5) is 0 Å². The van der Waals surface area contributed by atoms with Gasteiger partial charge in [0.25, 0.3) is 0 Å². The smallest absolute Gasteiger partial charge is 0.191 e. The van der Waals surface area contributed by atoms with Gasteiger partial charge in [0.15, 0.2) is 5.96 Å². The number of nitrogens with zero attached hydrogens (tertiary/aromatic N) is 1. The molecule has 2 rings (SSSR count). The minimum absolute atomic E-state index is 0. The van der Waals surface area contributed by atoms with Crippen LogP contribution in [-0.4, -0.2) is 29.8 Å². The zero-order chi connectivity index (χ0) is 15.1. The predicted octanol–water partition coefficient (Wildman–Crippen LogP) is 3.68. The molecule has 1 aromatic rings. The fourth-order valence-electron chi connectivity index (χ4n) is 2.73.